The fraction of sp³-hybridized carbons (Fsp3) is 0.933. The summed E-state index contributed by atoms with van der Waals surface area (Å²) in [6, 6.07) is -0.697. The van der Waals surface area contributed by atoms with Crippen LogP contribution in [0.5, 0.6) is 0 Å². The highest BCUT2D eigenvalue weighted by Gasteiger charge is 2.24. The number of hydrogen-bond donors (Lipinski definition) is 3. The van der Waals surface area contributed by atoms with Gasteiger partial charge in [-0.1, -0.05) is 283 Å². The Hall–Kier alpha value is -1.40. The van der Waals surface area contributed by atoms with E-state index in [9.17, 15) is 19.8 Å². The summed E-state index contributed by atoms with van der Waals surface area (Å²) >= 11 is 0. The Morgan fingerprint density at radius 3 is 1.08 bits per heavy atom. The van der Waals surface area contributed by atoms with Crippen LogP contribution in [0.3, 0.4) is 0 Å². The number of carbonyl (C=O) groups is 2. The van der Waals surface area contributed by atoms with Gasteiger partial charge in [-0.25, -0.2) is 0 Å². The predicted octanol–water partition coefficient (Wildman–Crippen LogP) is 18.5. The Kier molecular flexibility index (Phi) is 53.4. The third-order valence-corrected chi connectivity index (χ3v) is 14.1. The fourth-order valence-corrected chi connectivity index (χ4v) is 9.55. The van der Waals surface area contributed by atoms with E-state index in [1.165, 1.54) is 238 Å². The van der Waals surface area contributed by atoms with Crippen LogP contribution in [0, 0.1) is 0 Å². The summed E-state index contributed by atoms with van der Waals surface area (Å²) in [7, 11) is 0. The number of aliphatic hydroxyl groups is 2. The van der Waals surface area contributed by atoms with Crippen molar-refractivity contribution in [3.05, 3.63) is 12.2 Å². The number of amides is 1. The smallest absolute Gasteiger partial charge is 0.306 e. The highest BCUT2D eigenvalue weighted by atomic mass is 16.5. The number of nitrogens with one attached hydrogen (secondary N) is 1. The molecule has 0 spiro atoms. The second-order valence-electron chi connectivity index (χ2n) is 20.8. The first-order valence-electron chi connectivity index (χ1n) is 29.9. The third-order valence-electron chi connectivity index (χ3n) is 14.1. The highest BCUT2D eigenvalue weighted by molar-refractivity contribution is 5.77. The second kappa shape index (κ2) is 54.5. The summed E-state index contributed by atoms with van der Waals surface area (Å²) in [4.78, 5) is 26.3. The normalized spacial score (nSPS) is 13.1. The van der Waals surface area contributed by atoms with Crippen molar-refractivity contribution in [3.63, 3.8) is 0 Å². The van der Waals surface area contributed by atoms with Gasteiger partial charge in [0.1, 0.15) is 6.10 Å². The van der Waals surface area contributed by atoms with Gasteiger partial charge in [-0.05, 0) is 51.4 Å². The zero-order valence-electron chi connectivity index (χ0n) is 44.9. The van der Waals surface area contributed by atoms with Gasteiger partial charge in [-0.3, -0.25) is 9.59 Å². The molecule has 392 valence electrons. The second-order valence-corrected chi connectivity index (χ2v) is 20.8. The van der Waals surface area contributed by atoms with Gasteiger partial charge in [0.2, 0.25) is 5.91 Å². The number of rotatable bonds is 55. The fourth-order valence-electron chi connectivity index (χ4n) is 9.55. The van der Waals surface area contributed by atoms with Gasteiger partial charge in [0.05, 0.1) is 25.2 Å². The van der Waals surface area contributed by atoms with E-state index in [0.29, 0.717) is 19.3 Å². The van der Waals surface area contributed by atoms with Crippen LogP contribution in [0.25, 0.3) is 0 Å². The molecule has 0 aliphatic heterocycles. The molecule has 6 heteroatoms. The Bertz CT molecular complexity index is 1000. The van der Waals surface area contributed by atoms with E-state index in [2.05, 4.69) is 38.2 Å². The Balaban J connectivity index is 4.49. The zero-order chi connectivity index (χ0) is 48.1. The van der Waals surface area contributed by atoms with E-state index in [-0.39, 0.29) is 24.9 Å². The van der Waals surface area contributed by atoms with Gasteiger partial charge in [0.15, 0.2) is 0 Å². The molecule has 0 saturated heterocycles. The lowest BCUT2D eigenvalue weighted by Crippen LogP contribution is -2.46. The molecule has 3 unspecified atom stereocenters. The molecule has 0 aliphatic carbocycles. The van der Waals surface area contributed by atoms with Crippen molar-refractivity contribution in [1.82, 2.24) is 5.32 Å². The van der Waals surface area contributed by atoms with E-state index in [0.717, 1.165) is 51.4 Å². The lowest BCUT2D eigenvalue weighted by Gasteiger charge is -2.24. The molecule has 0 aliphatic rings. The molecular formula is C60H117NO5. The van der Waals surface area contributed by atoms with Crippen LogP contribution in [0.15, 0.2) is 12.2 Å². The first kappa shape index (κ1) is 64.6. The maximum absolute atomic E-state index is 13.3. The predicted molar refractivity (Wildman–Crippen MR) is 287 cm³/mol. The molecule has 0 heterocycles. The quantitative estimate of drug-likeness (QED) is 0.0321. The number of carbonyl (C=O) groups excluding carboxylic acids is 2. The minimum atomic E-state index is -0.784. The van der Waals surface area contributed by atoms with Crippen molar-refractivity contribution in [2.45, 2.75) is 354 Å². The molecule has 3 atom stereocenters. The van der Waals surface area contributed by atoms with Gasteiger partial charge in [0, 0.05) is 6.42 Å². The molecule has 0 aromatic rings. The van der Waals surface area contributed by atoms with Crippen LogP contribution in [-0.4, -0.2) is 46.9 Å². The van der Waals surface area contributed by atoms with Crippen LogP contribution in [0.4, 0.5) is 0 Å². The molecule has 0 radical (unpaired) electrons. The molecule has 0 fully saturated rings. The Labute approximate surface area is 412 Å². The topological polar surface area (TPSA) is 95.9 Å². The molecule has 6 nitrogen and oxygen atoms in total. The molecule has 0 aromatic carbocycles. The SMILES string of the molecule is CCCCCCCCCCC/C=C/CCCCCCCC(=O)OC(CCCCCCCCCCCCCCCC)CC(=O)NC(CO)C(O)CCCCCCCCCCCCCCCCC. The number of esters is 1. The Morgan fingerprint density at radius 2 is 0.727 bits per heavy atom. The van der Waals surface area contributed by atoms with Gasteiger partial charge in [-0.15, -0.1) is 0 Å². The van der Waals surface area contributed by atoms with Crippen LogP contribution < -0.4 is 5.32 Å². The van der Waals surface area contributed by atoms with E-state index in [4.69, 9.17) is 4.74 Å². The molecule has 0 bridgehead atoms. The third kappa shape index (κ3) is 49.0. The number of allylic oxidation sites excluding steroid dienone is 2. The molecular weight excluding hydrogens is 815 g/mol. The standard InChI is InChI=1S/C60H117NO5/c1-4-7-10-13-16-19-22-25-28-29-30-32-35-38-41-44-47-50-53-60(65)66-56(51-48-45-42-39-36-33-27-24-21-18-15-12-9-6-3)54-59(64)61-57(55-62)58(63)52-49-46-43-40-37-34-31-26-23-20-17-14-11-8-5-2/h30,32,56-58,62-63H,4-29,31,33-55H2,1-3H3,(H,61,64)/b32-30+. The van der Waals surface area contributed by atoms with E-state index in [1.807, 2.05) is 0 Å². The van der Waals surface area contributed by atoms with Gasteiger partial charge in [-0.2, -0.15) is 0 Å². The van der Waals surface area contributed by atoms with Crippen molar-refractivity contribution < 1.29 is 24.5 Å². The monoisotopic (exact) mass is 932 g/mol. The molecule has 0 aromatic heterocycles. The summed E-state index contributed by atoms with van der Waals surface area (Å²) in [6.45, 7) is 6.53. The molecule has 3 N–H and O–H groups in total. The largest absolute Gasteiger partial charge is 0.462 e. The molecule has 0 rings (SSSR count). The van der Waals surface area contributed by atoms with E-state index in [1.54, 1.807) is 0 Å². The van der Waals surface area contributed by atoms with E-state index < -0.39 is 18.2 Å². The van der Waals surface area contributed by atoms with Gasteiger partial charge < -0.3 is 20.3 Å². The van der Waals surface area contributed by atoms with Crippen molar-refractivity contribution in [2.24, 2.45) is 0 Å². The van der Waals surface area contributed by atoms with Gasteiger partial charge in [0.25, 0.3) is 0 Å². The minimum absolute atomic E-state index is 0.0823. The van der Waals surface area contributed by atoms with Crippen LogP contribution >= 0.6 is 0 Å². The highest BCUT2D eigenvalue weighted by Crippen LogP contribution is 2.19. The number of aliphatic hydroxyl groups excluding tert-OH is 2. The number of hydrogen-bond acceptors (Lipinski definition) is 5. The van der Waals surface area contributed by atoms with Crippen LogP contribution in [-0.2, 0) is 14.3 Å². The summed E-state index contributed by atoms with van der Waals surface area (Å²) in [5.41, 5.74) is 0. The minimum Gasteiger partial charge on any atom is -0.462 e. The summed E-state index contributed by atoms with van der Waals surface area (Å²) in [5, 5.41) is 23.9. The number of ether oxygens (including phenoxy) is 1. The van der Waals surface area contributed by atoms with Crippen LogP contribution in [0.2, 0.25) is 0 Å². The van der Waals surface area contributed by atoms with Crippen molar-refractivity contribution in [3.8, 4) is 0 Å². The summed E-state index contributed by atoms with van der Waals surface area (Å²) in [6.07, 6.45) is 62.8. The first-order valence-corrected chi connectivity index (χ1v) is 29.9. The maximum Gasteiger partial charge on any atom is 0.306 e. The average Bonchev–Trinajstić information content (AvgIpc) is 3.31. The lowest BCUT2D eigenvalue weighted by atomic mass is 10.0. The van der Waals surface area contributed by atoms with Crippen LogP contribution in [0.1, 0.15) is 335 Å². The van der Waals surface area contributed by atoms with Crippen molar-refractivity contribution in [1.29, 1.82) is 0 Å². The number of unbranched alkanes of at least 4 members (excludes halogenated alkanes) is 41. The molecule has 1 amide bonds. The maximum atomic E-state index is 13.3. The lowest BCUT2D eigenvalue weighted by molar-refractivity contribution is -0.151. The molecule has 66 heavy (non-hydrogen) atoms. The van der Waals surface area contributed by atoms with E-state index >= 15 is 0 Å². The molecule has 0 saturated carbocycles. The van der Waals surface area contributed by atoms with Crippen molar-refractivity contribution in [2.75, 3.05) is 6.61 Å². The van der Waals surface area contributed by atoms with Gasteiger partial charge >= 0.3 is 5.97 Å². The first-order chi connectivity index (χ1) is 32.5. The van der Waals surface area contributed by atoms with Crippen molar-refractivity contribution >= 4 is 11.9 Å². The Morgan fingerprint density at radius 1 is 0.424 bits per heavy atom. The average molecular weight is 933 g/mol. The summed E-state index contributed by atoms with van der Waals surface area (Å²) < 4.78 is 5.97. The zero-order valence-corrected chi connectivity index (χ0v) is 44.9. The summed E-state index contributed by atoms with van der Waals surface area (Å²) in [5.74, 6) is -0.459.